The van der Waals surface area contributed by atoms with Gasteiger partial charge >= 0.3 is 0 Å². The van der Waals surface area contributed by atoms with E-state index in [1.165, 1.54) is 4.90 Å². The maximum Gasteiger partial charge on any atom is 0.293 e. The number of thioether (sulfide) groups is 1. The zero-order valence-corrected chi connectivity index (χ0v) is 19.1. The summed E-state index contributed by atoms with van der Waals surface area (Å²) in [6.45, 7) is 2.74. The van der Waals surface area contributed by atoms with Gasteiger partial charge in [0.15, 0.2) is 0 Å². The molecule has 0 N–H and O–H groups in total. The monoisotopic (exact) mass is 471 g/mol. The lowest BCUT2D eigenvalue weighted by atomic mass is 10.0. The van der Waals surface area contributed by atoms with E-state index in [1.54, 1.807) is 24.3 Å². The van der Waals surface area contributed by atoms with Crippen LogP contribution in [0.1, 0.15) is 24.5 Å². The Kier molecular flexibility index (Phi) is 6.56. The van der Waals surface area contributed by atoms with Crippen molar-refractivity contribution in [1.82, 2.24) is 4.90 Å². The van der Waals surface area contributed by atoms with Crippen LogP contribution in [0, 0.1) is 0 Å². The molecule has 3 aromatic rings. The van der Waals surface area contributed by atoms with Crippen molar-refractivity contribution in [3.05, 3.63) is 80.7 Å². The fourth-order valence-electron chi connectivity index (χ4n) is 3.35. The Labute approximate surface area is 194 Å². The summed E-state index contributed by atoms with van der Waals surface area (Å²) in [4.78, 5) is 27.2. The van der Waals surface area contributed by atoms with Crippen LogP contribution in [0.4, 0.5) is 4.79 Å². The molecule has 0 bridgehead atoms. The van der Waals surface area contributed by atoms with Crippen LogP contribution in [0.5, 0.6) is 5.75 Å². The third kappa shape index (κ3) is 4.59. The molecule has 1 heterocycles. The van der Waals surface area contributed by atoms with Gasteiger partial charge < -0.3 is 4.74 Å². The summed E-state index contributed by atoms with van der Waals surface area (Å²) in [5.74, 6) is 0.354. The largest absolute Gasteiger partial charge is 0.493 e. The molecule has 0 atom stereocenters. The molecule has 3 aromatic carbocycles. The first-order valence-corrected chi connectivity index (χ1v) is 11.4. The van der Waals surface area contributed by atoms with Crippen LogP contribution in [0.15, 0.2) is 59.5 Å². The molecule has 0 aromatic heterocycles. The van der Waals surface area contributed by atoms with E-state index in [0.29, 0.717) is 27.3 Å². The first-order valence-electron chi connectivity index (χ1n) is 9.81. The molecule has 4 nitrogen and oxygen atoms in total. The summed E-state index contributed by atoms with van der Waals surface area (Å²) < 4.78 is 5.92. The highest BCUT2D eigenvalue weighted by Gasteiger charge is 2.35. The highest BCUT2D eigenvalue weighted by Crippen LogP contribution is 2.37. The summed E-state index contributed by atoms with van der Waals surface area (Å²) in [6, 6.07) is 16.9. The number of imide groups is 1. The average molecular weight is 472 g/mol. The number of nitrogens with zero attached hydrogens (tertiary/aromatic N) is 1. The normalized spacial score (nSPS) is 15.3. The van der Waals surface area contributed by atoms with Gasteiger partial charge in [-0.15, -0.1) is 0 Å². The summed E-state index contributed by atoms with van der Waals surface area (Å²) in [5.41, 5.74) is 1.53. The van der Waals surface area contributed by atoms with E-state index in [0.717, 1.165) is 40.1 Å². The van der Waals surface area contributed by atoms with Crippen LogP contribution in [0.2, 0.25) is 10.0 Å². The molecule has 158 valence electrons. The minimum Gasteiger partial charge on any atom is -0.493 e. The number of fused-ring (bicyclic) bond motifs is 1. The highest BCUT2D eigenvalue weighted by atomic mass is 35.5. The number of hydrogen-bond donors (Lipinski definition) is 0. The standard InChI is InChI=1S/C24H19Cl2NO3S/c1-2-11-30-21-10-8-16-5-3-4-6-17(16)18(21)13-22-23(28)27(24(29)31-22)14-15-7-9-19(25)20(26)12-15/h3-10,12-13H,2,11,14H2,1H3/b22-13-. The fraction of sp³-hybridized carbons (Fsp3) is 0.167. The number of carbonyl (C=O) groups excluding carboxylic acids is 2. The molecule has 0 unspecified atom stereocenters. The minimum atomic E-state index is -0.338. The van der Waals surface area contributed by atoms with Gasteiger partial charge in [0, 0.05) is 5.56 Å². The number of rotatable bonds is 6. The lowest BCUT2D eigenvalue weighted by molar-refractivity contribution is -0.123. The van der Waals surface area contributed by atoms with Crippen molar-refractivity contribution in [2.45, 2.75) is 19.9 Å². The Morgan fingerprint density at radius 3 is 2.61 bits per heavy atom. The van der Waals surface area contributed by atoms with Crippen molar-refractivity contribution < 1.29 is 14.3 Å². The highest BCUT2D eigenvalue weighted by molar-refractivity contribution is 8.18. The van der Waals surface area contributed by atoms with E-state index in [4.69, 9.17) is 27.9 Å². The molecule has 0 radical (unpaired) electrons. The molecule has 4 rings (SSSR count). The summed E-state index contributed by atoms with van der Waals surface area (Å²) >= 11 is 13.0. The Balaban J connectivity index is 1.69. The van der Waals surface area contributed by atoms with E-state index in [-0.39, 0.29) is 17.7 Å². The molecule has 1 saturated heterocycles. The van der Waals surface area contributed by atoms with Crippen molar-refractivity contribution in [3.63, 3.8) is 0 Å². The van der Waals surface area contributed by atoms with E-state index in [9.17, 15) is 9.59 Å². The van der Waals surface area contributed by atoms with Crippen LogP contribution in [-0.4, -0.2) is 22.7 Å². The third-order valence-corrected chi connectivity index (χ3v) is 6.51. The lowest BCUT2D eigenvalue weighted by Gasteiger charge is -2.13. The van der Waals surface area contributed by atoms with Gasteiger partial charge in [0.2, 0.25) is 0 Å². The molecule has 31 heavy (non-hydrogen) atoms. The second-order valence-electron chi connectivity index (χ2n) is 7.06. The number of benzene rings is 3. The van der Waals surface area contributed by atoms with Crippen molar-refractivity contribution in [1.29, 1.82) is 0 Å². The molecule has 1 aliphatic heterocycles. The van der Waals surface area contributed by atoms with Crippen LogP contribution in [-0.2, 0) is 11.3 Å². The predicted octanol–water partition coefficient (Wildman–Crippen LogP) is 7.17. The number of hydrogen-bond acceptors (Lipinski definition) is 4. The van der Waals surface area contributed by atoms with Crippen LogP contribution >= 0.6 is 35.0 Å². The van der Waals surface area contributed by atoms with Crippen LogP contribution in [0.3, 0.4) is 0 Å². The SMILES string of the molecule is CCCOc1ccc2ccccc2c1/C=C1\SC(=O)N(Cc2ccc(Cl)c(Cl)c2)C1=O. The average Bonchev–Trinajstić information content (AvgIpc) is 3.03. The third-order valence-electron chi connectivity index (χ3n) is 4.87. The van der Waals surface area contributed by atoms with Crippen molar-refractivity contribution in [2.75, 3.05) is 6.61 Å². The number of ether oxygens (including phenoxy) is 1. The Morgan fingerprint density at radius 1 is 1.03 bits per heavy atom. The van der Waals surface area contributed by atoms with E-state index in [1.807, 2.05) is 43.3 Å². The summed E-state index contributed by atoms with van der Waals surface area (Å²) in [5, 5.41) is 2.49. The second-order valence-corrected chi connectivity index (χ2v) is 8.87. The Morgan fingerprint density at radius 2 is 1.84 bits per heavy atom. The van der Waals surface area contributed by atoms with Gasteiger partial charge in [0.05, 0.1) is 28.1 Å². The molecule has 7 heteroatoms. The predicted molar refractivity (Wildman–Crippen MR) is 128 cm³/mol. The van der Waals surface area contributed by atoms with Crippen molar-refractivity contribution in [2.24, 2.45) is 0 Å². The van der Waals surface area contributed by atoms with E-state index >= 15 is 0 Å². The lowest BCUT2D eigenvalue weighted by Crippen LogP contribution is -2.27. The minimum absolute atomic E-state index is 0.133. The molecule has 0 aliphatic carbocycles. The second kappa shape index (κ2) is 9.35. The van der Waals surface area contributed by atoms with Gasteiger partial charge in [0.25, 0.3) is 11.1 Å². The number of amides is 2. The zero-order chi connectivity index (χ0) is 22.0. The Hall–Kier alpha value is -2.47. The smallest absolute Gasteiger partial charge is 0.293 e. The molecule has 1 aliphatic rings. The van der Waals surface area contributed by atoms with E-state index in [2.05, 4.69) is 0 Å². The first-order chi connectivity index (χ1) is 15.0. The number of halogens is 2. The molecule has 1 fully saturated rings. The topological polar surface area (TPSA) is 46.6 Å². The van der Waals surface area contributed by atoms with Crippen LogP contribution < -0.4 is 4.74 Å². The molecular weight excluding hydrogens is 453 g/mol. The molecular formula is C24H19Cl2NO3S. The molecule has 2 amide bonds. The Bertz CT molecular complexity index is 1210. The first kappa shape index (κ1) is 21.8. The van der Waals surface area contributed by atoms with Gasteiger partial charge in [-0.1, -0.05) is 66.5 Å². The van der Waals surface area contributed by atoms with Crippen molar-refractivity contribution >= 4 is 63.0 Å². The zero-order valence-electron chi connectivity index (χ0n) is 16.7. The molecule has 0 spiro atoms. The van der Waals surface area contributed by atoms with Crippen LogP contribution in [0.25, 0.3) is 16.8 Å². The summed E-state index contributed by atoms with van der Waals surface area (Å²) in [7, 11) is 0. The van der Waals surface area contributed by atoms with E-state index < -0.39 is 0 Å². The van der Waals surface area contributed by atoms with Gasteiger partial charge in [-0.05, 0) is 58.8 Å². The maximum atomic E-state index is 13.1. The van der Waals surface area contributed by atoms with Gasteiger partial charge in [0.1, 0.15) is 5.75 Å². The summed E-state index contributed by atoms with van der Waals surface area (Å²) in [6.07, 6.45) is 2.62. The number of carbonyl (C=O) groups is 2. The van der Waals surface area contributed by atoms with Gasteiger partial charge in [-0.3, -0.25) is 14.5 Å². The van der Waals surface area contributed by atoms with Gasteiger partial charge in [-0.25, -0.2) is 0 Å². The fourth-order valence-corrected chi connectivity index (χ4v) is 4.49. The van der Waals surface area contributed by atoms with Gasteiger partial charge in [-0.2, -0.15) is 0 Å². The van der Waals surface area contributed by atoms with Crippen molar-refractivity contribution in [3.8, 4) is 5.75 Å². The molecule has 0 saturated carbocycles. The quantitative estimate of drug-likeness (QED) is 0.357. The maximum absolute atomic E-state index is 13.1.